The summed E-state index contributed by atoms with van der Waals surface area (Å²) < 4.78 is 11.1. The van der Waals surface area contributed by atoms with Crippen molar-refractivity contribution in [1.29, 1.82) is 0 Å². The van der Waals surface area contributed by atoms with Crippen LogP contribution in [-0.2, 0) is 9.53 Å². The molecule has 0 amide bonds. The second-order valence-electron chi connectivity index (χ2n) is 7.09. The van der Waals surface area contributed by atoms with E-state index in [1.54, 1.807) is 24.3 Å². The maximum Gasteiger partial charge on any atom is 0.309 e. The molecule has 0 atom stereocenters. The smallest absolute Gasteiger partial charge is 0.309 e. The van der Waals surface area contributed by atoms with Gasteiger partial charge in [-0.2, -0.15) is 0 Å². The Kier molecular flexibility index (Phi) is 5.31. The summed E-state index contributed by atoms with van der Waals surface area (Å²) in [5.41, 5.74) is 2.16. The van der Waals surface area contributed by atoms with Crippen LogP contribution in [0.25, 0.3) is 21.9 Å². The molecule has 0 spiro atoms. The number of benzene rings is 2. The Morgan fingerprint density at radius 3 is 2.07 bits per heavy atom. The Morgan fingerprint density at radius 2 is 1.50 bits per heavy atom. The monoisotopic (exact) mass is 442 g/mol. The maximum atomic E-state index is 12.4. The molecule has 0 N–H and O–H groups in total. The molecule has 1 fully saturated rings. The molecule has 1 saturated carbocycles. The van der Waals surface area contributed by atoms with Crippen LogP contribution in [0.2, 0.25) is 0 Å². The zero-order valence-electron chi connectivity index (χ0n) is 15.2. The number of esters is 1. The van der Waals surface area contributed by atoms with E-state index < -0.39 is 0 Å². The van der Waals surface area contributed by atoms with Crippen molar-refractivity contribution in [1.82, 2.24) is 0 Å². The van der Waals surface area contributed by atoms with E-state index in [4.69, 9.17) is 9.15 Å². The minimum Gasteiger partial charge on any atom is -0.457 e. The molecule has 0 aliphatic heterocycles. The number of carbonyl (C=O) groups excluding carboxylic acids is 3. The van der Waals surface area contributed by atoms with Gasteiger partial charge in [-0.3, -0.25) is 14.4 Å². The molecule has 5 nitrogen and oxygen atoms in total. The van der Waals surface area contributed by atoms with Crippen LogP contribution in [0, 0.1) is 5.92 Å². The highest BCUT2D eigenvalue weighted by Crippen LogP contribution is 2.30. The molecule has 1 aromatic heterocycles. The molecule has 0 saturated heterocycles. The van der Waals surface area contributed by atoms with Crippen LogP contribution in [0.1, 0.15) is 46.4 Å². The van der Waals surface area contributed by atoms with E-state index in [2.05, 4.69) is 15.9 Å². The van der Waals surface area contributed by atoms with Gasteiger partial charge in [-0.1, -0.05) is 40.9 Å². The molecule has 144 valence electrons. The van der Waals surface area contributed by atoms with Crippen molar-refractivity contribution in [2.24, 2.45) is 5.92 Å². The van der Waals surface area contributed by atoms with E-state index in [-0.39, 0.29) is 35.4 Å². The SMILES string of the molecule is O=C(CBr)c1ccc2c(c1)oc1cc(C(=O)COC(=O)C3CCCC3)ccc12. The first-order chi connectivity index (χ1) is 13.6. The van der Waals surface area contributed by atoms with Gasteiger partial charge in [0.25, 0.3) is 0 Å². The Balaban J connectivity index is 1.54. The van der Waals surface area contributed by atoms with Gasteiger partial charge in [-0.25, -0.2) is 0 Å². The minimum absolute atomic E-state index is 0.0256. The first kappa shape index (κ1) is 18.9. The van der Waals surface area contributed by atoms with E-state index >= 15 is 0 Å². The molecular formula is C22H19BrO5. The van der Waals surface area contributed by atoms with Crippen LogP contribution in [-0.4, -0.2) is 29.5 Å². The Morgan fingerprint density at radius 1 is 0.929 bits per heavy atom. The van der Waals surface area contributed by atoms with Crippen molar-refractivity contribution in [3.63, 3.8) is 0 Å². The highest BCUT2D eigenvalue weighted by Gasteiger charge is 2.25. The van der Waals surface area contributed by atoms with Crippen LogP contribution >= 0.6 is 15.9 Å². The first-order valence-corrected chi connectivity index (χ1v) is 10.4. The number of furan rings is 1. The predicted molar refractivity (Wildman–Crippen MR) is 109 cm³/mol. The van der Waals surface area contributed by atoms with Crippen LogP contribution in [0.15, 0.2) is 40.8 Å². The number of halogens is 1. The molecule has 28 heavy (non-hydrogen) atoms. The van der Waals surface area contributed by atoms with Gasteiger partial charge >= 0.3 is 5.97 Å². The van der Waals surface area contributed by atoms with Crippen LogP contribution in [0.3, 0.4) is 0 Å². The fraction of sp³-hybridized carbons (Fsp3) is 0.318. The fourth-order valence-electron chi connectivity index (χ4n) is 3.70. The zero-order valence-corrected chi connectivity index (χ0v) is 16.8. The van der Waals surface area contributed by atoms with E-state index in [1.165, 1.54) is 0 Å². The second-order valence-corrected chi connectivity index (χ2v) is 7.65. The van der Waals surface area contributed by atoms with Crippen LogP contribution < -0.4 is 0 Å². The van der Waals surface area contributed by atoms with Crippen molar-refractivity contribution in [3.8, 4) is 0 Å². The zero-order chi connectivity index (χ0) is 19.7. The van der Waals surface area contributed by atoms with Crippen molar-refractivity contribution in [3.05, 3.63) is 47.5 Å². The number of ketones is 2. The van der Waals surface area contributed by atoms with Crippen LogP contribution in [0.5, 0.6) is 0 Å². The summed E-state index contributed by atoms with van der Waals surface area (Å²) in [7, 11) is 0. The fourth-order valence-corrected chi connectivity index (χ4v) is 4.02. The molecular weight excluding hydrogens is 424 g/mol. The van der Waals surface area contributed by atoms with Gasteiger partial charge in [-0.05, 0) is 37.1 Å². The molecule has 1 heterocycles. The van der Waals surface area contributed by atoms with Crippen molar-refractivity contribution in [2.45, 2.75) is 25.7 Å². The highest BCUT2D eigenvalue weighted by atomic mass is 79.9. The average Bonchev–Trinajstić information content (AvgIpc) is 3.37. The van der Waals surface area contributed by atoms with E-state index in [9.17, 15) is 14.4 Å². The normalized spacial score (nSPS) is 14.6. The quantitative estimate of drug-likeness (QED) is 0.302. The lowest BCUT2D eigenvalue weighted by molar-refractivity contribution is -0.147. The minimum atomic E-state index is -0.278. The number of hydrogen-bond acceptors (Lipinski definition) is 5. The number of fused-ring (bicyclic) bond motifs is 3. The van der Waals surface area contributed by atoms with E-state index in [0.717, 1.165) is 36.5 Å². The summed E-state index contributed by atoms with van der Waals surface area (Å²) in [4.78, 5) is 36.3. The Hall–Kier alpha value is -2.47. The molecule has 2 aromatic carbocycles. The molecule has 1 aliphatic rings. The van der Waals surface area contributed by atoms with Gasteiger partial charge in [0.2, 0.25) is 0 Å². The third-order valence-electron chi connectivity index (χ3n) is 5.27. The van der Waals surface area contributed by atoms with Gasteiger partial charge in [0.1, 0.15) is 11.2 Å². The van der Waals surface area contributed by atoms with Crippen molar-refractivity contribution in [2.75, 3.05) is 11.9 Å². The topological polar surface area (TPSA) is 73.6 Å². The number of Topliss-reactive ketones (excluding diaryl/α,β-unsaturated/α-hetero) is 2. The standard InChI is InChI=1S/C22H19BrO5/c23-11-18(24)14-5-7-16-17-8-6-15(10-21(17)28-20(16)9-14)19(25)12-27-22(26)13-3-1-2-4-13/h5-10,13H,1-4,11-12H2. The maximum absolute atomic E-state index is 12.4. The number of alkyl halides is 1. The van der Waals surface area contributed by atoms with Gasteiger partial charge in [0.05, 0.1) is 11.2 Å². The summed E-state index contributed by atoms with van der Waals surface area (Å²) in [6, 6.07) is 10.5. The summed E-state index contributed by atoms with van der Waals surface area (Å²) in [6.07, 6.45) is 3.77. The Labute approximate surface area is 170 Å². The van der Waals surface area contributed by atoms with Gasteiger partial charge < -0.3 is 9.15 Å². The molecule has 0 bridgehead atoms. The lowest BCUT2D eigenvalue weighted by Gasteiger charge is -2.08. The average molecular weight is 443 g/mol. The summed E-state index contributed by atoms with van der Waals surface area (Å²) in [5, 5.41) is 2.00. The highest BCUT2D eigenvalue weighted by molar-refractivity contribution is 9.09. The van der Waals surface area contributed by atoms with E-state index in [0.29, 0.717) is 22.3 Å². The summed E-state index contributed by atoms with van der Waals surface area (Å²) >= 11 is 3.17. The number of carbonyl (C=O) groups is 3. The number of rotatable bonds is 6. The molecule has 0 unspecified atom stereocenters. The molecule has 3 aromatic rings. The first-order valence-electron chi connectivity index (χ1n) is 9.32. The lowest BCUT2D eigenvalue weighted by Crippen LogP contribution is -2.19. The third-order valence-corrected chi connectivity index (χ3v) is 5.78. The van der Waals surface area contributed by atoms with Gasteiger partial charge in [0, 0.05) is 21.9 Å². The third kappa shape index (κ3) is 3.61. The molecule has 4 rings (SSSR count). The summed E-state index contributed by atoms with van der Waals surface area (Å²) in [5.74, 6) is -0.632. The molecule has 0 radical (unpaired) electrons. The molecule has 6 heteroatoms. The van der Waals surface area contributed by atoms with Crippen LogP contribution in [0.4, 0.5) is 0 Å². The second kappa shape index (κ2) is 7.87. The van der Waals surface area contributed by atoms with Crippen molar-refractivity contribution < 1.29 is 23.5 Å². The number of hydrogen-bond donors (Lipinski definition) is 0. The molecule has 1 aliphatic carbocycles. The largest absolute Gasteiger partial charge is 0.457 e. The number of ether oxygens (including phenoxy) is 1. The van der Waals surface area contributed by atoms with E-state index in [1.807, 2.05) is 12.1 Å². The lowest BCUT2D eigenvalue weighted by atomic mass is 10.1. The predicted octanol–water partition coefficient (Wildman–Crippen LogP) is 5.08. The Bertz CT molecular complexity index is 1080. The summed E-state index contributed by atoms with van der Waals surface area (Å²) in [6.45, 7) is -0.259. The van der Waals surface area contributed by atoms with Crippen molar-refractivity contribution >= 4 is 55.4 Å². The van der Waals surface area contributed by atoms with Gasteiger partial charge in [-0.15, -0.1) is 0 Å². The van der Waals surface area contributed by atoms with Gasteiger partial charge in [0.15, 0.2) is 18.2 Å².